The zero-order valence-corrected chi connectivity index (χ0v) is 16.4. The van der Waals surface area contributed by atoms with Crippen molar-refractivity contribution in [3.63, 3.8) is 0 Å². The van der Waals surface area contributed by atoms with E-state index in [-0.39, 0.29) is 26.4 Å². The van der Waals surface area contributed by atoms with Gasteiger partial charge in [0.2, 0.25) is 0 Å². The van der Waals surface area contributed by atoms with Gasteiger partial charge in [-0.1, -0.05) is 0 Å². The molecule has 11 nitrogen and oxygen atoms in total. The van der Waals surface area contributed by atoms with E-state index in [1.165, 1.54) is 0 Å². The molecule has 0 atom stereocenters. The summed E-state index contributed by atoms with van der Waals surface area (Å²) in [4.78, 5) is 7.31. The molecule has 0 unspecified atom stereocenters. The van der Waals surface area contributed by atoms with Crippen molar-refractivity contribution in [2.45, 2.75) is 0 Å². The third-order valence-corrected chi connectivity index (χ3v) is 1.35. The predicted molar refractivity (Wildman–Crippen MR) is 79.5 cm³/mol. The Kier molecular flexibility index (Phi) is 83.4. The van der Waals surface area contributed by atoms with E-state index in [4.69, 9.17) is 24.1 Å². The second kappa shape index (κ2) is 56.7. The number of rotatable bonds is 10. The van der Waals surface area contributed by atoms with Gasteiger partial charge in [0.15, 0.2) is 0 Å². The van der Waals surface area contributed by atoms with Gasteiger partial charge in [-0.05, 0) is 0 Å². The fourth-order valence-electron chi connectivity index (χ4n) is 0.424. The summed E-state index contributed by atoms with van der Waals surface area (Å²) in [7, 11) is 6.18. The Bertz CT molecular complexity index is 120. The van der Waals surface area contributed by atoms with Gasteiger partial charge in [0.05, 0.1) is 39.6 Å². The number of hydrogen-bond acceptors (Lipinski definition) is 11. The number of hydrogen-bond donors (Lipinski definition) is 4. The fraction of sp³-hybridized carbons (Fsp3) is 1.00. The molecule has 0 rings (SSSR count). The number of ether oxygens (including phenoxy) is 4. The Morgan fingerprint density at radius 3 is 0.875 bits per heavy atom. The summed E-state index contributed by atoms with van der Waals surface area (Å²) in [5, 5.41) is 31.1. The van der Waals surface area contributed by atoms with Crippen molar-refractivity contribution < 1.29 is 73.2 Å². The molecule has 12 heteroatoms. The third kappa shape index (κ3) is 96.4. The van der Waals surface area contributed by atoms with Gasteiger partial charge in [0, 0.05) is 28.4 Å². The summed E-state index contributed by atoms with van der Waals surface area (Å²) < 4.78 is 26.1. The molecule has 0 saturated carbocycles. The first-order valence-electron chi connectivity index (χ1n) is 6.57. The van der Waals surface area contributed by atoms with Crippen LogP contribution >= 0.6 is 0 Å². The molecule has 0 aromatic rings. The van der Waals surface area contributed by atoms with Gasteiger partial charge >= 0.3 is 23.7 Å². The molecule has 0 aromatic heterocycles. The molecule has 0 aliphatic rings. The Morgan fingerprint density at radius 2 is 0.833 bits per heavy atom. The molecule has 0 aliphatic carbocycles. The van der Waals surface area contributed by atoms with Crippen molar-refractivity contribution in [2.24, 2.45) is 0 Å². The molecule has 4 N–H and O–H groups in total. The summed E-state index contributed by atoms with van der Waals surface area (Å²) in [5.41, 5.74) is 0. The minimum atomic E-state index is 0.122. The van der Waals surface area contributed by atoms with Gasteiger partial charge in [0.1, 0.15) is 13.2 Å². The van der Waals surface area contributed by atoms with Crippen LogP contribution in [0.15, 0.2) is 0 Å². The number of aliphatic hydroxyl groups is 2. The molecule has 0 fully saturated rings. The molecule has 24 heavy (non-hydrogen) atoms. The summed E-state index contributed by atoms with van der Waals surface area (Å²) in [6.45, 7) is 2.51. The van der Waals surface area contributed by atoms with Crippen LogP contribution in [0.25, 0.3) is 0 Å². The van der Waals surface area contributed by atoms with Gasteiger partial charge in [-0.3, -0.25) is 10.5 Å². The van der Waals surface area contributed by atoms with E-state index in [0.29, 0.717) is 26.4 Å². The number of methoxy groups -OCH3 is 4. The van der Waals surface area contributed by atoms with Crippen LogP contribution in [0.5, 0.6) is 0 Å². The van der Waals surface area contributed by atoms with Gasteiger partial charge in [-0.15, -0.1) is 0 Å². The van der Waals surface area contributed by atoms with E-state index in [1.54, 1.807) is 28.4 Å². The normalized spacial score (nSPS) is 8.12. The van der Waals surface area contributed by atoms with E-state index in [0.717, 1.165) is 20.4 Å². The van der Waals surface area contributed by atoms with Gasteiger partial charge in [-0.2, -0.15) is 0 Å². The quantitative estimate of drug-likeness (QED) is 0.160. The number of aliphatic hydroxyl groups excluding tert-OH is 2. The van der Waals surface area contributed by atoms with Crippen LogP contribution < -0.4 is 0 Å². The minimum absolute atomic E-state index is 0.122. The Morgan fingerprint density at radius 1 is 0.583 bits per heavy atom. The molecule has 0 heterocycles. The fourth-order valence-corrected chi connectivity index (χ4v) is 0.424. The summed E-state index contributed by atoms with van der Waals surface area (Å²) in [6.07, 6.45) is 0. The van der Waals surface area contributed by atoms with Crippen molar-refractivity contribution in [2.75, 3.05) is 81.3 Å². The molecular formula is C12H32O11Ti. The van der Waals surface area contributed by atoms with Crippen LogP contribution in [0, 0.1) is 0 Å². The van der Waals surface area contributed by atoms with Crippen LogP contribution in [-0.4, -0.2) is 102 Å². The van der Waals surface area contributed by atoms with Crippen molar-refractivity contribution in [3.8, 4) is 0 Å². The summed E-state index contributed by atoms with van der Waals surface area (Å²) in [5.74, 6) is 0. The van der Waals surface area contributed by atoms with Gasteiger partial charge < -0.3 is 29.2 Å². The van der Waals surface area contributed by atoms with Crippen molar-refractivity contribution in [3.05, 3.63) is 0 Å². The van der Waals surface area contributed by atoms with Gasteiger partial charge in [-0.25, -0.2) is 9.78 Å². The second-order valence-electron chi connectivity index (χ2n) is 3.08. The van der Waals surface area contributed by atoms with Gasteiger partial charge in [0.25, 0.3) is 0 Å². The molecule has 0 bridgehead atoms. The Hall–Kier alpha value is 0.114. The first-order valence-corrected chi connectivity index (χ1v) is 7.20. The zero-order chi connectivity index (χ0) is 19.9. The van der Waals surface area contributed by atoms with Crippen LogP contribution in [0.2, 0.25) is 0 Å². The average molecular weight is 400 g/mol. The van der Waals surface area contributed by atoms with E-state index in [9.17, 15) is 0 Å². The average Bonchev–Trinajstić information content (AvgIpc) is 2.63. The molecule has 0 aliphatic heterocycles. The van der Waals surface area contributed by atoms with Crippen molar-refractivity contribution >= 4 is 0 Å². The van der Waals surface area contributed by atoms with E-state index < -0.39 is 0 Å². The SMILES string of the molecule is COCCO.COCCO.COCCOO.COCCOO.[O]=[Ti]. The van der Waals surface area contributed by atoms with Crippen molar-refractivity contribution in [1.82, 2.24) is 0 Å². The molecule has 150 valence electrons. The molecule has 0 radical (unpaired) electrons. The first kappa shape index (κ1) is 35.3. The molecule has 0 amide bonds. The Balaban J connectivity index is -0.0000000647. The maximum atomic E-state index is 8.25. The summed E-state index contributed by atoms with van der Waals surface area (Å²) in [6, 6.07) is 0. The van der Waals surface area contributed by atoms with Crippen LogP contribution in [0.1, 0.15) is 0 Å². The van der Waals surface area contributed by atoms with Crippen LogP contribution in [0.4, 0.5) is 0 Å². The summed E-state index contributed by atoms with van der Waals surface area (Å²) >= 11 is 0.750. The standard InChI is InChI=1S/2C3H8O3.2C3H8O2.O.Ti/c2*1-5-2-3-6-4;2*1-5-3-2-4;;/h2*4H,2-3H2,1H3;2*4H,2-3H2,1H3;;. The van der Waals surface area contributed by atoms with Crippen LogP contribution in [0.3, 0.4) is 0 Å². The van der Waals surface area contributed by atoms with Crippen LogP contribution in [-0.2, 0) is 52.5 Å². The monoisotopic (exact) mass is 400 g/mol. The third-order valence-electron chi connectivity index (χ3n) is 1.35. The maximum absolute atomic E-state index is 8.25. The van der Waals surface area contributed by atoms with E-state index in [2.05, 4.69) is 28.7 Å². The molecule has 0 spiro atoms. The second-order valence-corrected chi connectivity index (χ2v) is 3.08. The first-order chi connectivity index (χ1) is 11.7. The van der Waals surface area contributed by atoms with Crippen molar-refractivity contribution in [1.29, 1.82) is 0 Å². The van der Waals surface area contributed by atoms with E-state index >= 15 is 0 Å². The van der Waals surface area contributed by atoms with E-state index in [1.807, 2.05) is 0 Å². The molecular weight excluding hydrogens is 368 g/mol. The predicted octanol–water partition coefficient (Wildman–Crippen LogP) is -0.626. The Labute approximate surface area is 155 Å². The zero-order valence-electron chi connectivity index (χ0n) is 14.8. The molecule has 0 saturated heterocycles. The molecule has 0 aromatic carbocycles. The topological polar surface area (TPSA) is 153 Å².